The van der Waals surface area contributed by atoms with Crippen molar-refractivity contribution in [2.24, 2.45) is 4.99 Å². The number of morpholine rings is 1. The van der Waals surface area contributed by atoms with Gasteiger partial charge in [-0.2, -0.15) is 0 Å². The molecule has 2 aliphatic rings. The molecule has 0 spiro atoms. The van der Waals surface area contributed by atoms with Gasteiger partial charge in [-0.25, -0.2) is 9.98 Å². The van der Waals surface area contributed by atoms with E-state index >= 15 is 0 Å². The number of fused-ring (bicyclic) bond motifs is 2. The maximum atomic E-state index is 12.9. The summed E-state index contributed by atoms with van der Waals surface area (Å²) in [6.07, 6.45) is 7.77. The summed E-state index contributed by atoms with van der Waals surface area (Å²) in [5, 5.41) is 6.89. The summed E-state index contributed by atoms with van der Waals surface area (Å²) in [7, 11) is 4.11. The zero-order valence-corrected chi connectivity index (χ0v) is 22.6. The molecule has 1 fully saturated rings. The van der Waals surface area contributed by atoms with Crippen molar-refractivity contribution in [2.45, 2.75) is 19.6 Å². The summed E-state index contributed by atoms with van der Waals surface area (Å²) in [6.45, 7) is 9.51. The Bertz CT molecular complexity index is 1440. The van der Waals surface area contributed by atoms with Crippen LogP contribution in [0.2, 0.25) is 5.02 Å². The number of benzene rings is 1. The lowest BCUT2D eigenvalue weighted by molar-refractivity contribution is -0.0272. The van der Waals surface area contributed by atoms with Crippen LogP contribution in [0.1, 0.15) is 22.8 Å². The minimum absolute atomic E-state index is 0.128. The molecule has 0 radical (unpaired) electrons. The molecule has 0 unspecified atom stereocenters. The smallest absolute Gasteiger partial charge is 0.254 e. The molecular weight excluding hydrogens is 502 g/mol. The quantitative estimate of drug-likeness (QED) is 0.336. The second-order valence-electron chi connectivity index (χ2n) is 9.76. The van der Waals surface area contributed by atoms with E-state index in [1.807, 2.05) is 47.0 Å². The molecule has 10 heteroatoms. The first kappa shape index (κ1) is 26.0. The number of nitrogens with one attached hydrogen (secondary N) is 2. The third-order valence-corrected chi connectivity index (χ3v) is 7.07. The topological polar surface area (TPSA) is 86.5 Å². The number of amides is 1. The number of aliphatic imine (C=N–C) groups is 1. The fraction of sp³-hybridized carbons (Fsp3) is 0.321. The van der Waals surface area contributed by atoms with E-state index in [1.54, 1.807) is 6.20 Å². The number of rotatable bonds is 8. The number of anilines is 1. The molecule has 198 valence electrons. The predicted octanol–water partition coefficient (Wildman–Crippen LogP) is 4.02. The van der Waals surface area contributed by atoms with Crippen LogP contribution < -0.4 is 10.6 Å². The van der Waals surface area contributed by atoms with E-state index in [1.165, 1.54) is 0 Å². The van der Waals surface area contributed by atoms with Crippen molar-refractivity contribution in [3.63, 3.8) is 0 Å². The number of nitrogens with zero attached hydrogens (tertiary/aromatic N) is 5. The van der Waals surface area contributed by atoms with Gasteiger partial charge in [0.2, 0.25) is 0 Å². The number of hydrogen-bond acceptors (Lipinski definition) is 7. The van der Waals surface area contributed by atoms with Gasteiger partial charge in [-0.3, -0.25) is 9.20 Å². The molecule has 0 bridgehead atoms. The Hall–Kier alpha value is -3.66. The molecular formula is C28H32ClN7O2. The summed E-state index contributed by atoms with van der Waals surface area (Å²) in [6, 6.07) is 7.53. The van der Waals surface area contributed by atoms with E-state index in [9.17, 15) is 4.79 Å². The van der Waals surface area contributed by atoms with E-state index < -0.39 is 0 Å². The maximum Gasteiger partial charge on any atom is 0.254 e. The van der Waals surface area contributed by atoms with Gasteiger partial charge in [0.05, 0.1) is 35.9 Å². The highest BCUT2D eigenvalue weighted by Crippen LogP contribution is 2.35. The normalized spacial score (nSPS) is 18.2. The van der Waals surface area contributed by atoms with E-state index in [2.05, 4.69) is 58.1 Å². The van der Waals surface area contributed by atoms with Gasteiger partial charge in [0, 0.05) is 54.7 Å². The van der Waals surface area contributed by atoms with Gasteiger partial charge in [-0.1, -0.05) is 17.7 Å². The lowest BCUT2D eigenvalue weighted by Gasteiger charge is -2.36. The lowest BCUT2D eigenvalue weighted by atomic mass is 9.99. The van der Waals surface area contributed by atoms with Gasteiger partial charge in [-0.15, -0.1) is 0 Å². The molecule has 2 aliphatic heterocycles. The fourth-order valence-corrected chi connectivity index (χ4v) is 5.14. The predicted molar refractivity (Wildman–Crippen MR) is 152 cm³/mol. The Balaban J connectivity index is 1.40. The highest BCUT2D eigenvalue weighted by Gasteiger charge is 2.27. The van der Waals surface area contributed by atoms with Crippen LogP contribution in [0, 0.1) is 0 Å². The number of aromatic nitrogens is 2. The number of carbonyl (C=O) groups is 1. The molecule has 2 aromatic heterocycles. The molecule has 1 amide bonds. The average Bonchev–Trinajstić information content (AvgIpc) is 3.49. The van der Waals surface area contributed by atoms with Gasteiger partial charge in [0.25, 0.3) is 5.91 Å². The van der Waals surface area contributed by atoms with Gasteiger partial charge < -0.3 is 25.2 Å². The Morgan fingerprint density at radius 2 is 2.21 bits per heavy atom. The first-order valence-corrected chi connectivity index (χ1v) is 12.9. The second kappa shape index (κ2) is 11.0. The summed E-state index contributed by atoms with van der Waals surface area (Å²) in [4.78, 5) is 26.0. The van der Waals surface area contributed by atoms with Crippen LogP contribution in [0.5, 0.6) is 0 Å². The van der Waals surface area contributed by atoms with Gasteiger partial charge >= 0.3 is 0 Å². The number of pyridine rings is 1. The van der Waals surface area contributed by atoms with E-state index in [4.69, 9.17) is 16.3 Å². The third kappa shape index (κ3) is 5.31. The first-order chi connectivity index (χ1) is 18.3. The highest BCUT2D eigenvalue weighted by molar-refractivity contribution is 6.30. The zero-order valence-electron chi connectivity index (χ0n) is 21.9. The average molecular weight is 534 g/mol. The Morgan fingerprint density at radius 3 is 3.00 bits per heavy atom. The number of halogens is 1. The molecule has 0 aliphatic carbocycles. The molecule has 3 aromatic rings. The minimum atomic E-state index is -0.128. The number of ether oxygens (including phenoxy) is 1. The summed E-state index contributed by atoms with van der Waals surface area (Å²) in [5.74, 6) is 0.429. The first-order valence-electron chi connectivity index (χ1n) is 12.5. The van der Waals surface area contributed by atoms with E-state index in [0.717, 1.165) is 47.8 Å². The Morgan fingerprint density at radius 1 is 1.37 bits per heavy atom. The van der Waals surface area contributed by atoms with Crippen molar-refractivity contribution in [3.05, 3.63) is 76.5 Å². The van der Waals surface area contributed by atoms with Crippen LogP contribution in [0.25, 0.3) is 16.9 Å². The van der Waals surface area contributed by atoms with Crippen LogP contribution in [0.15, 0.2) is 65.3 Å². The molecule has 4 heterocycles. The van der Waals surface area contributed by atoms with Crippen molar-refractivity contribution in [3.8, 4) is 11.3 Å². The largest absolute Gasteiger partial charge is 0.373 e. The van der Waals surface area contributed by atoms with Crippen molar-refractivity contribution in [1.82, 2.24) is 24.5 Å². The van der Waals surface area contributed by atoms with Crippen LogP contribution in [-0.4, -0.2) is 78.2 Å². The molecule has 2 N–H and O–H groups in total. The van der Waals surface area contributed by atoms with Gasteiger partial charge in [0.15, 0.2) is 0 Å². The number of imidazole rings is 1. The summed E-state index contributed by atoms with van der Waals surface area (Å²) < 4.78 is 7.87. The van der Waals surface area contributed by atoms with Crippen LogP contribution in [0.3, 0.4) is 0 Å². The highest BCUT2D eigenvalue weighted by atomic mass is 35.5. The Labute approximate surface area is 227 Å². The lowest BCUT2D eigenvalue weighted by Crippen LogP contribution is -2.45. The van der Waals surface area contributed by atoms with Crippen LogP contribution in [0.4, 0.5) is 5.69 Å². The number of hydrogen-bond donors (Lipinski definition) is 2. The molecule has 0 saturated carbocycles. The molecule has 5 rings (SSSR count). The molecule has 38 heavy (non-hydrogen) atoms. The minimum Gasteiger partial charge on any atom is -0.373 e. The molecule has 1 atom stereocenters. The number of likely N-dealkylation sites (N-methyl/N-ethyl adjacent to an activating group) is 1. The molecule has 1 saturated heterocycles. The van der Waals surface area contributed by atoms with E-state index in [0.29, 0.717) is 35.2 Å². The van der Waals surface area contributed by atoms with Gasteiger partial charge in [-0.05, 0) is 57.6 Å². The van der Waals surface area contributed by atoms with Gasteiger partial charge in [0.1, 0.15) is 11.5 Å². The molecule has 1 aromatic carbocycles. The van der Waals surface area contributed by atoms with Crippen molar-refractivity contribution in [2.75, 3.05) is 45.7 Å². The summed E-state index contributed by atoms with van der Waals surface area (Å²) >= 11 is 6.13. The molecule has 9 nitrogen and oxygen atoms in total. The van der Waals surface area contributed by atoms with Crippen molar-refractivity contribution >= 4 is 35.6 Å². The van der Waals surface area contributed by atoms with Crippen molar-refractivity contribution in [1.29, 1.82) is 0 Å². The number of allylic oxidation sites excluding steroid dienone is 3. The monoisotopic (exact) mass is 533 g/mol. The van der Waals surface area contributed by atoms with Crippen LogP contribution in [-0.2, 0) is 11.3 Å². The number of carbonyl (C=O) groups excluding carboxylic acids is 1. The zero-order chi connectivity index (χ0) is 26.8. The second-order valence-corrected chi connectivity index (χ2v) is 10.2. The maximum absolute atomic E-state index is 12.9. The fourth-order valence-electron chi connectivity index (χ4n) is 4.98. The summed E-state index contributed by atoms with van der Waals surface area (Å²) in [5.41, 5.74) is 5.88. The Kier molecular flexibility index (Phi) is 7.51. The third-order valence-electron chi connectivity index (χ3n) is 6.84. The van der Waals surface area contributed by atoms with Crippen LogP contribution >= 0.6 is 11.6 Å². The van der Waals surface area contributed by atoms with Crippen molar-refractivity contribution < 1.29 is 9.53 Å². The van der Waals surface area contributed by atoms with E-state index in [-0.39, 0.29) is 12.0 Å². The standard InChI is InChI=1S/C28H32ClN7O2/c1-18(35-11-12-38-20(17-35)16-34(3)4)5-8-25(30-2)33-23-7-6-21(22-14-32-28(37)27(22)23)24-15-31-26-13-19(29)9-10-36(24)26/h5-10,13,15,20,33H,2,11-12,14,16-17H2,1,3-4H3,(H,32,37)/b18-5+,25-8+/t20-/m1/s1. The SMILES string of the molecule is C=N/C(=C\C=C(/C)N1CCO[C@H](CN(C)C)C1)Nc1ccc(-c2cnc3cc(Cl)ccn23)c2c1C(=O)NC2.